The molecule has 0 saturated heterocycles. The van der Waals surface area contributed by atoms with E-state index in [2.05, 4.69) is 11.7 Å². The molecule has 0 bridgehead atoms. The summed E-state index contributed by atoms with van der Waals surface area (Å²) < 4.78 is 20.7. The molecule has 0 radical (unpaired) electrons. The van der Waals surface area contributed by atoms with E-state index in [0.717, 1.165) is 0 Å². The number of primary sulfonamides is 1. The standard InChI is InChI=1S/C5H12N2O2S/c1-5(7-2)3-4-10(6,8)9/h5H,2-4H2,1H3,(H2,6,8,9). The van der Waals surface area contributed by atoms with Gasteiger partial charge in [0, 0.05) is 6.04 Å². The molecule has 0 aromatic rings. The Morgan fingerprint density at radius 3 is 2.50 bits per heavy atom. The van der Waals surface area contributed by atoms with Crippen molar-refractivity contribution in [2.45, 2.75) is 19.4 Å². The van der Waals surface area contributed by atoms with E-state index in [1.165, 1.54) is 0 Å². The van der Waals surface area contributed by atoms with Crippen LogP contribution in [0.2, 0.25) is 0 Å². The van der Waals surface area contributed by atoms with Crippen LogP contribution in [-0.4, -0.2) is 26.9 Å². The summed E-state index contributed by atoms with van der Waals surface area (Å²) >= 11 is 0. The van der Waals surface area contributed by atoms with Gasteiger partial charge in [-0.2, -0.15) is 0 Å². The highest BCUT2D eigenvalue weighted by Gasteiger charge is 2.04. The number of nitrogens with zero attached hydrogens (tertiary/aromatic N) is 1. The number of rotatable bonds is 4. The van der Waals surface area contributed by atoms with Crippen molar-refractivity contribution in [3.8, 4) is 0 Å². The summed E-state index contributed by atoms with van der Waals surface area (Å²) in [6, 6.07) is -0.0293. The van der Waals surface area contributed by atoms with Crippen molar-refractivity contribution < 1.29 is 8.42 Å². The molecule has 2 N–H and O–H groups in total. The highest BCUT2D eigenvalue weighted by Crippen LogP contribution is 1.96. The zero-order chi connectivity index (χ0) is 8.20. The summed E-state index contributed by atoms with van der Waals surface area (Å²) in [7, 11) is -3.32. The second-order valence-corrected chi connectivity index (χ2v) is 3.92. The molecule has 0 aliphatic rings. The zero-order valence-corrected chi connectivity index (χ0v) is 6.76. The summed E-state index contributed by atoms with van der Waals surface area (Å²) in [4.78, 5) is 3.62. The van der Waals surface area contributed by atoms with Crippen molar-refractivity contribution >= 4 is 16.7 Å². The number of hydrogen-bond acceptors (Lipinski definition) is 3. The smallest absolute Gasteiger partial charge is 0.209 e. The van der Waals surface area contributed by atoms with Gasteiger partial charge < -0.3 is 0 Å². The Hall–Kier alpha value is -0.420. The van der Waals surface area contributed by atoms with Crippen molar-refractivity contribution in [2.75, 3.05) is 5.75 Å². The van der Waals surface area contributed by atoms with Crippen molar-refractivity contribution in [1.82, 2.24) is 0 Å². The molecule has 0 spiro atoms. The molecule has 60 valence electrons. The van der Waals surface area contributed by atoms with Crippen LogP contribution in [-0.2, 0) is 10.0 Å². The van der Waals surface area contributed by atoms with E-state index in [1.54, 1.807) is 6.92 Å². The first-order valence-corrected chi connectivity index (χ1v) is 4.63. The van der Waals surface area contributed by atoms with Gasteiger partial charge in [-0.3, -0.25) is 4.99 Å². The zero-order valence-electron chi connectivity index (χ0n) is 5.95. The first-order valence-electron chi connectivity index (χ1n) is 2.92. The molecule has 0 aromatic carbocycles. The topological polar surface area (TPSA) is 72.5 Å². The molecule has 5 heteroatoms. The maximum Gasteiger partial charge on any atom is 0.209 e. The molecule has 0 rings (SSSR count). The van der Waals surface area contributed by atoms with Crippen molar-refractivity contribution in [2.24, 2.45) is 10.1 Å². The molecule has 4 nitrogen and oxygen atoms in total. The predicted octanol–water partition coefficient (Wildman–Crippen LogP) is -0.246. The Morgan fingerprint density at radius 2 is 2.20 bits per heavy atom. The van der Waals surface area contributed by atoms with E-state index < -0.39 is 10.0 Å². The summed E-state index contributed by atoms with van der Waals surface area (Å²) in [5.74, 6) is -0.0206. The quantitative estimate of drug-likeness (QED) is 0.582. The Bertz CT molecular complexity index is 198. The van der Waals surface area contributed by atoms with Gasteiger partial charge in [-0.05, 0) is 20.1 Å². The fourth-order valence-corrected chi connectivity index (χ4v) is 1.10. The number of hydrogen-bond donors (Lipinski definition) is 1. The second kappa shape index (κ2) is 3.68. The molecule has 0 amide bonds. The maximum absolute atomic E-state index is 10.4. The molecule has 0 heterocycles. The Labute approximate surface area is 61.2 Å². The van der Waals surface area contributed by atoms with E-state index in [1.807, 2.05) is 0 Å². The molecule has 0 fully saturated rings. The fraction of sp³-hybridized carbons (Fsp3) is 0.800. The average Bonchev–Trinajstić information content (AvgIpc) is 1.81. The van der Waals surface area contributed by atoms with Crippen LogP contribution in [0.1, 0.15) is 13.3 Å². The van der Waals surface area contributed by atoms with Crippen LogP contribution < -0.4 is 5.14 Å². The van der Waals surface area contributed by atoms with Gasteiger partial charge in [0.1, 0.15) is 0 Å². The monoisotopic (exact) mass is 164 g/mol. The van der Waals surface area contributed by atoms with Crippen molar-refractivity contribution in [3.63, 3.8) is 0 Å². The van der Waals surface area contributed by atoms with Crippen LogP contribution in [0.4, 0.5) is 0 Å². The maximum atomic E-state index is 10.4. The number of nitrogens with two attached hydrogens (primary N) is 1. The summed E-state index contributed by atoms with van der Waals surface area (Å²) in [5, 5.41) is 4.75. The van der Waals surface area contributed by atoms with Crippen molar-refractivity contribution in [1.29, 1.82) is 0 Å². The van der Waals surface area contributed by atoms with Crippen molar-refractivity contribution in [3.05, 3.63) is 0 Å². The lowest BCUT2D eigenvalue weighted by Crippen LogP contribution is -2.19. The van der Waals surface area contributed by atoms with Gasteiger partial charge in [-0.1, -0.05) is 0 Å². The normalized spacial score (nSPS) is 14.6. The van der Waals surface area contributed by atoms with Crippen LogP contribution in [0.25, 0.3) is 0 Å². The largest absolute Gasteiger partial charge is 0.298 e. The second-order valence-electron chi connectivity index (χ2n) is 2.19. The van der Waals surface area contributed by atoms with E-state index >= 15 is 0 Å². The SMILES string of the molecule is C=NC(C)CCS(N)(=O)=O. The molecule has 1 unspecified atom stereocenters. The molecular formula is C5H12N2O2S. The minimum Gasteiger partial charge on any atom is -0.298 e. The van der Waals surface area contributed by atoms with Crippen LogP contribution in [0.15, 0.2) is 4.99 Å². The van der Waals surface area contributed by atoms with E-state index in [0.29, 0.717) is 6.42 Å². The third kappa shape index (κ3) is 5.71. The van der Waals surface area contributed by atoms with Gasteiger partial charge in [-0.15, -0.1) is 0 Å². The molecular weight excluding hydrogens is 152 g/mol. The van der Waals surface area contributed by atoms with E-state index in [4.69, 9.17) is 5.14 Å². The molecule has 0 aliphatic heterocycles. The van der Waals surface area contributed by atoms with Gasteiger partial charge in [-0.25, -0.2) is 13.6 Å². The first kappa shape index (κ1) is 9.58. The third-order valence-corrected chi connectivity index (χ3v) is 1.94. The van der Waals surface area contributed by atoms with Gasteiger partial charge in [0.05, 0.1) is 5.75 Å². The number of aliphatic imine (C=N–C) groups is 1. The minimum atomic E-state index is -3.32. The molecule has 1 atom stereocenters. The van der Waals surface area contributed by atoms with Gasteiger partial charge >= 0.3 is 0 Å². The first-order chi connectivity index (χ1) is 4.45. The fourth-order valence-electron chi connectivity index (χ4n) is 0.426. The summed E-state index contributed by atoms with van der Waals surface area (Å²) in [6.07, 6.45) is 0.447. The molecule has 10 heavy (non-hydrogen) atoms. The van der Waals surface area contributed by atoms with Gasteiger partial charge in [0.2, 0.25) is 10.0 Å². The highest BCUT2D eigenvalue weighted by molar-refractivity contribution is 7.89. The third-order valence-electron chi connectivity index (χ3n) is 1.13. The van der Waals surface area contributed by atoms with E-state index in [9.17, 15) is 8.42 Å². The number of sulfonamides is 1. The molecule has 0 aliphatic carbocycles. The predicted molar refractivity (Wildman–Crippen MR) is 41.6 cm³/mol. The lowest BCUT2D eigenvalue weighted by Gasteiger charge is -2.01. The van der Waals surface area contributed by atoms with Crippen LogP contribution in [0, 0.1) is 0 Å². The molecule has 0 saturated carbocycles. The summed E-state index contributed by atoms with van der Waals surface area (Å²) in [6.45, 7) is 5.07. The highest BCUT2D eigenvalue weighted by atomic mass is 32.2. The average molecular weight is 164 g/mol. The van der Waals surface area contributed by atoms with E-state index in [-0.39, 0.29) is 11.8 Å². The molecule has 0 aromatic heterocycles. The summed E-state index contributed by atoms with van der Waals surface area (Å²) in [5.41, 5.74) is 0. The minimum absolute atomic E-state index is 0.0206. The van der Waals surface area contributed by atoms with Gasteiger partial charge in [0.25, 0.3) is 0 Å². The lowest BCUT2D eigenvalue weighted by atomic mass is 10.3. The van der Waals surface area contributed by atoms with Crippen LogP contribution >= 0.6 is 0 Å². The Balaban J connectivity index is 3.66. The van der Waals surface area contributed by atoms with Gasteiger partial charge in [0.15, 0.2) is 0 Å². The Morgan fingerprint density at radius 1 is 1.70 bits per heavy atom. The van der Waals surface area contributed by atoms with Crippen LogP contribution in [0.3, 0.4) is 0 Å². The van der Waals surface area contributed by atoms with Crippen LogP contribution in [0.5, 0.6) is 0 Å². The Kier molecular flexibility index (Phi) is 3.52. The lowest BCUT2D eigenvalue weighted by molar-refractivity contribution is 0.589.